The van der Waals surface area contributed by atoms with Crippen LogP contribution in [-0.4, -0.2) is 28.6 Å². The van der Waals surface area contributed by atoms with Crippen molar-refractivity contribution in [1.29, 1.82) is 0 Å². The van der Waals surface area contributed by atoms with E-state index < -0.39 is 0 Å². The Bertz CT molecular complexity index is 576. The fraction of sp³-hybridized carbons (Fsp3) is 0.333. The Balaban J connectivity index is 2.31. The van der Waals surface area contributed by atoms with E-state index in [2.05, 4.69) is 10.3 Å². The fourth-order valence-corrected chi connectivity index (χ4v) is 1.96. The van der Waals surface area contributed by atoms with E-state index >= 15 is 0 Å². The quantitative estimate of drug-likeness (QED) is 0.881. The number of amides is 1. The number of carbonyl (C=O) groups is 1. The molecule has 1 aromatic heterocycles. The number of nitrogens with zero attached hydrogens (tertiary/aromatic N) is 1. The molecule has 100 valence electrons. The molecule has 0 bridgehead atoms. The minimum Gasteiger partial charge on any atom is -0.394 e. The maximum atomic E-state index is 12.2. The molecule has 0 saturated carbocycles. The number of hydrogen-bond acceptors (Lipinski definition) is 3. The fourth-order valence-electron chi connectivity index (χ4n) is 1.96. The molecule has 2 N–H and O–H groups in total. The van der Waals surface area contributed by atoms with Crippen molar-refractivity contribution in [1.82, 2.24) is 10.3 Å². The van der Waals surface area contributed by atoms with Crippen LogP contribution in [0.4, 0.5) is 0 Å². The summed E-state index contributed by atoms with van der Waals surface area (Å²) in [4.78, 5) is 16.4. The largest absolute Gasteiger partial charge is 0.394 e. The first-order valence-corrected chi connectivity index (χ1v) is 6.39. The molecule has 2 aromatic rings. The molecule has 0 radical (unpaired) electrons. The van der Waals surface area contributed by atoms with Crippen LogP contribution in [0.1, 0.15) is 24.3 Å². The second-order valence-electron chi connectivity index (χ2n) is 4.89. The molecule has 0 spiro atoms. The number of rotatable bonds is 4. The number of aliphatic hydroxyl groups is 1. The first-order chi connectivity index (χ1) is 9.13. The number of pyridine rings is 1. The van der Waals surface area contributed by atoms with Gasteiger partial charge in [-0.25, -0.2) is 0 Å². The Kier molecular flexibility index (Phi) is 4.12. The number of aromatic nitrogens is 1. The van der Waals surface area contributed by atoms with Crippen molar-refractivity contribution in [3.05, 3.63) is 42.2 Å². The summed E-state index contributed by atoms with van der Waals surface area (Å²) in [5, 5.41) is 13.9. The van der Waals surface area contributed by atoms with Crippen molar-refractivity contribution in [2.24, 2.45) is 5.92 Å². The molecule has 0 fully saturated rings. The summed E-state index contributed by atoms with van der Waals surface area (Å²) in [6, 6.07) is 9.24. The first-order valence-electron chi connectivity index (χ1n) is 6.39. The smallest absolute Gasteiger partial charge is 0.270 e. The summed E-state index contributed by atoms with van der Waals surface area (Å²) >= 11 is 0. The molecule has 19 heavy (non-hydrogen) atoms. The summed E-state index contributed by atoms with van der Waals surface area (Å²) in [5.41, 5.74) is 0.400. The average molecular weight is 258 g/mol. The van der Waals surface area contributed by atoms with E-state index in [1.807, 2.05) is 44.2 Å². The molecule has 0 aliphatic rings. The lowest BCUT2D eigenvalue weighted by atomic mass is 10.0. The van der Waals surface area contributed by atoms with E-state index in [-0.39, 0.29) is 24.5 Å². The Morgan fingerprint density at radius 3 is 2.74 bits per heavy atom. The lowest BCUT2D eigenvalue weighted by Gasteiger charge is -2.19. The van der Waals surface area contributed by atoms with Crippen LogP contribution in [0.25, 0.3) is 10.8 Å². The van der Waals surface area contributed by atoms with Crippen LogP contribution in [0.15, 0.2) is 36.5 Å². The van der Waals surface area contributed by atoms with Gasteiger partial charge in [-0.05, 0) is 17.4 Å². The summed E-state index contributed by atoms with van der Waals surface area (Å²) < 4.78 is 0. The van der Waals surface area contributed by atoms with Crippen LogP contribution in [0.5, 0.6) is 0 Å². The molecule has 4 heteroatoms. The Labute approximate surface area is 112 Å². The van der Waals surface area contributed by atoms with Gasteiger partial charge in [0.15, 0.2) is 0 Å². The molecule has 4 nitrogen and oxygen atoms in total. The molecule has 2 rings (SSSR count). The topological polar surface area (TPSA) is 62.2 Å². The van der Waals surface area contributed by atoms with Crippen molar-refractivity contribution in [3.8, 4) is 0 Å². The highest BCUT2D eigenvalue weighted by Gasteiger charge is 2.18. The Morgan fingerprint density at radius 2 is 2.05 bits per heavy atom. The maximum Gasteiger partial charge on any atom is 0.270 e. The molecule has 1 amide bonds. The van der Waals surface area contributed by atoms with Gasteiger partial charge in [-0.3, -0.25) is 9.78 Å². The second kappa shape index (κ2) is 5.80. The molecular weight excluding hydrogens is 240 g/mol. The third kappa shape index (κ3) is 2.90. The Morgan fingerprint density at radius 1 is 1.32 bits per heavy atom. The van der Waals surface area contributed by atoms with Crippen LogP contribution in [0, 0.1) is 5.92 Å². The van der Waals surface area contributed by atoms with Gasteiger partial charge in [0.05, 0.1) is 12.6 Å². The number of nitrogens with one attached hydrogen (secondary N) is 1. The van der Waals surface area contributed by atoms with Crippen LogP contribution < -0.4 is 5.32 Å². The minimum absolute atomic E-state index is 0.0752. The van der Waals surface area contributed by atoms with Gasteiger partial charge in [-0.15, -0.1) is 0 Å². The predicted octanol–water partition coefficient (Wildman–Crippen LogP) is 1.98. The minimum atomic E-state index is -0.256. The normalized spacial score (nSPS) is 12.6. The predicted molar refractivity (Wildman–Crippen MR) is 74.9 cm³/mol. The monoisotopic (exact) mass is 258 g/mol. The highest BCUT2D eigenvalue weighted by molar-refractivity contribution is 6.05. The van der Waals surface area contributed by atoms with E-state index in [4.69, 9.17) is 0 Å². The summed E-state index contributed by atoms with van der Waals surface area (Å²) in [5.74, 6) is -0.0755. The summed E-state index contributed by atoms with van der Waals surface area (Å²) in [7, 11) is 0. The van der Waals surface area contributed by atoms with Crippen molar-refractivity contribution >= 4 is 16.7 Å². The number of fused-ring (bicyclic) bond motifs is 1. The van der Waals surface area contributed by atoms with Gasteiger partial charge < -0.3 is 10.4 Å². The van der Waals surface area contributed by atoms with Gasteiger partial charge in [0.2, 0.25) is 0 Å². The summed E-state index contributed by atoms with van der Waals surface area (Å²) in [6.45, 7) is 3.84. The van der Waals surface area contributed by atoms with Crippen LogP contribution >= 0.6 is 0 Å². The molecule has 1 aromatic carbocycles. The maximum absolute atomic E-state index is 12.2. The zero-order valence-electron chi connectivity index (χ0n) is 11.1. The van der Waals surface area contributed by atoms with Crippen LogP contribution in [-0.2, 0) is 0 Å². The zero-order chi connectivity index (χ0) is 13.8. The number of hydrogen-bond donors (Lipinski definition) is 2. The standard InChI is InChI=1S/C15H18N2O2/c1-10(2)13(9-18)17-15(19)14-12-6-4-3-5-11(12)7-8-16-14/h3-8,10,13,18H,9H2,1-2H3,(H,17,19). The number of carbonyl (C=O) groups excluding carboxylic acids is 1. The summed E-state index contributed by atoms with van der Waals surface area (Å²) in [6.07, 6.45) is 1.63. The third-order valence-electron chi connectivity index (χ3n) is 3.21. The highest BCUT2D eigenvalue weighted by atomic mass is 16.3. The molecule has 0 aliphatic carbocycles. The van der Waals surface area contributed by atoms with Crippen molar-refractivity contribution in [2.45, 2.75) is 19.9 Å². The first kappa shape index (κ1) is 13.5. The van der Waals surface area contributed by atoms with E-state index in [0.717, 1.165) is 10.8 Å². The lowest BCUT2D eigenvalue weighted by Crippen LogP contribution is -2.41. The van der Waals surface area contributed by atoms with Gasteiger partial charge in [0.1, 0.15) is 5.69 Å². The highest BCUT2D eigenvalue weighted by Crippen LogP contribution is 2.16. The second-order valence-corrected chi connectivity index (χ2v) is 4.89. The van der Waals surface area contributed by atoms with E-state index in [9.17, 15) is 9.90 Å². The van der Waals surface area contributed by atoms with Crippen molar-refractivity contribution in [3.63, 3.8) is 0 Å². The number of aliphatic hydroxyl groups excluding tert-OH is 1. The van der Waals surface area contributed by atoms with Gasteiger partial charge >= 0.3 is 0 Å². The van der Waals surface area contributed by atoms with E-state index in [1.54, 1.807) is 6.20 Å². The zero-order valence-corrected chi connectivity index (χ0v) is 11.1. The van der Waals surface area contributed by atoms with Crippen LogP contribution in [0.3, 0.4) is 0 Å². The molecule has 1 unspecified atom stereocenters. The molecule has 0 aliphatic heterocycles. The lowest BCUT2D eigenvalue weighted by molar-refractivity contribution is 0.0893. The van der Waals surface area contributed by atoms with Crippen molar-refractivity contribution in [2.75, 3.05) is 6.61 Å². The SMILES string of the molecule is CC(C)C(CO)NC(=O)c1nccc2ccccc12. The molecule has 1 atom stereocenters. The van der Waals surface area contributed by atoms with Gasteiger partial charge in [-0.1, -0.05) is 38.1 Å². The van der Waals surface area contributed by atoms with Gasteiger partial charge in [-0.2, -0.15) is 0 Å². The average Bonchev–Trinajstić information content (AvgIpc) is 2.43. The van der Waals surface area contributed by atoms with Gasteiger partial charge in [0, 0.05) is 11.6 Å². The van der Waals surface area contributed by atoms with Gasteiger partial charge in [0.25, 0.3) is 5.91 Å². The molecule has 1 heterocycles. The van der Waals surface area contributed by atoms with Crippen LogP contribution in [0.2, 0.25) is 0 Å². The Hall–Kier alpha value is -1.94. The van der Waals surface area contributed by atoms with E-state index in [0.29, 0.717) is 5.69 Å². The van der Waals surface area contributed by atoms with E-state index in [1.165, 1.54) is 0 Å². The molecule has 0 saturated heterocycles. The third-order valence-corrected chi connectivity index (χ3v) is 3.21. The van der Waals surface area contributed by atoms with Crippen molar-refractivity contribution < 1.29 is 9.90 Å². The molecular formula is C15H18N2O2. The number of benzene rings is 1.